The van der Waals surface area contributed by atoms with Gasteiger partial charge in [-0.25, -0.2) is 0 Å². The van der Waals surface area contributed by atoms with Crippen LogP contribution in [0, 0.1) is 5.92 Å². The van der Waals surface area contributed by atoms with Gasteiger partial charge < -0.3 is 11.1 Å². The molecule has 1 rings (SSSR count). The van der Waals surface area contributed by atoms with Crippen molar-refractivity contribution in [2.24, 2.45) is 11.7 Å². The topological polar surface area (TPSA) is 55.1 Å². The largest absolute Gasteiger partial charge is 0.416 e. The summed E-state index contributed by atoms with van der Waals surface area (Å²) in [5.41, 5.74) is 5.40. The number of hydrogen-bond acceptors (Lipinski definition) is 2. The molecule has 20 heavy (non-hydrogen) atoms. The standard InChI is InChI=1S/C14H19F3N2O/c1-3-10(8-18)13(20)19-9(2)11-4-6-12(7-5-11)14(15,16)17/h4-7,9-10H,3,8,18H2,1-2H3,(H,19,20). The molecule has 112 valence electrons. The molecule has 1 amide bonds. The molecule has 0 bridgehead atoms. The summed E-state index contributed by atoms with van der Waals surface area (Å²) in [5.74, 6) is -0.450. The molecule has 0 spiro atoms. The number of carbonyl (C=O) groups is 1. The minimum Gasteiger partial charge on any atom is -0.349 e. The number of hydrogen-bond donors (Lipinski definition) is 2. The molecule has 0 aliphatic carbocycles. The number of benzene rings is 1. The van der Waals surface area contributed by atoms with Crippen molar-refractivity contribution in [2.45, 2.75) is 32.5 Å². The third-order valence-corrected chi connectivity index (χ3v) is 3.24. The van der Waals surface area contributed by atoms with Crippen molar-refractivity contribution in [3.63, 3.8) is 0 Å². The summed E-state index contributed by atoms with van der Waals surface area (Å²) in [5, 5.41) is 2.76. The van der Waals surface area contributed by atoms with E-state index < -0.39 is 11.7 Å². The Balaban J connectivity index is 2.73. The molecule has 0 aliphatic rings. The Bertz CT molecular complexity index is 439. The molecular weight excluding hydrogens is 269 g/mol. The van der Waals surface area contributed by atoms with E-state index in [9.17, 15) is 18.0 Å². The van der Waals surface area contributed by atoms with Gasteiger partial charge in [-0.15, -0.1) is 0 Å². The van der Waals surface area contributed by atoms with Crippen molar-refractivity contribution >= 4 is 5.91 Å². The van der Waals surface area contributed by atoms with Gasteiger partial charge >= 0.3 is 6.18 Å². The first-order valence-electron chi connectivity index (χ1n) is 6.47. The van der Waals surface area contributed by atoms with Crippen LogP contribution in [0.25, 0.3) is 0 Å². The van der Waals surface area contributed by atoms with Crippen LogP contribution < -0.4 is 11.1 Å². The Hall–Kier alpha value is -1.56. The average molecular weight is 288 g/mol. The third-order valence-electron chi connectivity index (χ3n) is 3.24. The number of alkyl halides is 3. The summed E-state index contributed by atoms with van der Waals surface area (Å²) in [6, 6.07) is 4.41. The number of rotatable bonds is 5. The second kappa shape index (κ2) is 6.74. The quantitative estimate of drug-likeness (QED) is 0.875. The Morgan fingerprint density at radius 1 is 1.30 bits per heavy atom. The summed E-state index contributed by atoms with van der Waals surface area (Å²) in [6.45, 7) is 3.84. The second-order valence-corrected chi connectivity index (χ2v) is 4.69. The minimum atomic E-state index is -4.35. The fourth-order valence-corrected chi connectivity index (χ4v) is 1.83. The lowest BCUT2D eigenvalue weighted by Gasteiger charge is -2.19. The van der Waals surface area contributed by atoms with Crippen LogP contribution in [0.3, 0.4) is 0 Å². The van der Waals surface area contributed by atoms with Gasteiger partial charge in [0.05, 0.1) is 11.6 Å². The molecule has 0 radical (unpaired) electrons. The number of halogens is 3. The molecule has 0 aliphatic heterocycles. The van der Waals surface area contributed by atoms with Crippen molar-refractivity contribution in [3.8, 4) is 0 Å². The lowest BCUT2D eigenvalue weighted by atomic mass is 10.0. The van der Waals surface area contributed by atoms with E-state index in [1.54, 1.807) is 6.92 Å². The molecule has 6 heteroatoms. The highest BCUT2D eigenvalue weighted by molar-refractivity contribution is 5.79. The lowest BCUT2D eigenvalue weighted by molar-refractivity contribution is -0.137. The first-order chi connectivity index (χ1) is 9.29. The van der Waals surface area contributed by atoms with Gasteiger partial charge in [-0.2, -0.15) is 13.2 Å². The maximum Gasteiger partial charge on any atom is 0.416 e. The predicted octanol–water partition coefficient (Wildman–Crippen LogP) is 2.87. The molecular formula is C14H19F3N2O. The van der Waals surface area contributed by atoms with Crippen LogP contribution in [0.4, 0.5) is 13.2 Å². The zero-order valence-electron chi connectivity index (χ0n) is 11.5. The van der Waals surface area contributed by atoms with Crippen LogP contribution >= 0.6 is 0 Å². The molecule has 2 atom stereocenters. The van der Waals surface area contributed by atoms with Gasteiger partial charge in [0.2, 0.25) is 5.91 Å². The van der Waals surface area contributed by atoms with E-state index in [0.29, 0.717) is 12.0 Å². The van der Waals surface area contributed by atoms with Crippen LogP contribution in [0.5, 0.6) is 0 Å². The molecule has 0 heterocycles. The number of nitrogens with one attached hydrogen (secondary N) is 1. The van der Waals surface area contributed by atoms with Crippen molar-refractivity contribution in [3.05, 3.63) is 35.4 Å². The number of nitrogens with two attached hydrogens (primary N) is 1. The molecule has 0 saturated carbocycles. The van der Waals surface area contributed by atoms with Crippen molar-refractivity contribution in [1.82, 2.24) is 5.32 Å². The van der Waals surface area contributed by atoms with Gasteiger partial charge in [0.15, 0.2) is 0 Å². The van der Waals surface area contributed by atoms with Crippen molar-refractivity contribution < 1.29 is 18.0 Å². The van der Waals surface area contributed by atoms with E-state index in [2.05, 4.69) is 5.32 Å². The highest BCUT2D eigenvalue weighted by atomic mass is 19.4. The lowest BCUT2D eigenvalue weighted by Crippen LogP contribution is -2.36. The Morgan fingerprint density at radius 3 is 2.25 bits per heavy atom. The molecule has 1 aromatic rings. The summed E-state index contributed by atoms with van der Waals surface area (Å²) < 4.78 is 37.3. The van der Waals surface area contributed by atoms with Crippen LogP contribution in [0.15, 0.2) is 24.3 Å². The summed E-state index contributed by atoms with van der Waals surface area (Å²) in [7, 11) is 0. The van der Waals surface area contributed by atoms with Crippen molar-refractivity contribution in [1.29, 1.82) is 0 Å². The summed E-state index contributed by atoms with van der Waals surface area (Å²) in [6.07, 6.45) is -3.72. The molecule has 0 fully saturated rings. The predicted molar refractivity (Wildman–Crippen MR) is 70.8 cm³/mol. The van der Waals surface area contributed by atoms with Gasteiger partial charge in [-0.05, 0) is 31.0 Å². The zero-order chi connectivity index (χ0) is 15.3. The first kappa shape index (κ1) is 16.5. The highest BCUT2D eigenvalue weighted by Crippen LogP contribution is 2.29. The van der Waals surface area contributed by atoms with E-state index in [1.165, 1.54) is 12.1 Å². The monoisotopic (exact) mass is 288 g/mol. The van der Waals surface area contributed by atoms with E-state index >= 15 is 0 Å². The molecule has 2 unspecified atom stereocenters. The molecule has 0 saturated heterocycles. The Morgan fingerprint density at radius 2 is 1.85 bits per heavy atom. The molecule has 3 N–H and O–H groups in total. The van der Waals surface area contributed by atoms with Gasteiger partial charge in [0.25, 0.3) is 0 Å². The Labute approximate surface area is 116 Å². The SMILES string of the molecule is CCC(CN)C(=O)NC(C)c1ccc(C(F)(F)F)cc1. The zero-order valence-corrected chi connectivity index (χ0v) is 11.5. The molecule has 1 aromatic carbocycles. The maximum atomic E-state index is 12.4. The van der Waals surface area contributed by atoms with Gasteiger partial charge in [-0.3, -0.25) is 4.79 Å². The molecule has 0 aromatic heterocycles. The van der Waals surface area contributed by atoms with E-state index in [4.69, 9.17) is 5.73 Å². The summed E-state index contributed by atoms with van der Waals surface area (Å²) >= 11 is 0. The first-order valence-corrected chi connectivity index (χ1v) is 6.47. The van der Waals surface area contributed by atoms with Crippen LogP contribution in [-0.2, 0) is 11.0 Å². The van der Waals surface area contributed by atoms with Gasteiger partial charge in [0.1, 0.15) is 0 Å². The maximum absolute atomic E-state index is 12.4. The average Bonchev–Trinajstić information content (AvgIpc) is 2.39. The smallest absolute Gasteiger partial charge is 0.349 e. The van der Waals surface area contributed by atoms with E-state index in [0.717, 1.165) is 12.1 Å². The number of carbonyl (C=O) groups excluding carboxylic acids is 1. The van der Waals surface area contributed by atoms with Crippen LogP contribution in [0.2, 0.25) is 0 Å². The highest BCUT2D eigenvalue weighted by Gasteiger charge is 2.30. The van der Waals surface area contributed by atoms with Crippen LogP contribution in [-0.4, -0.2) is 12.5 Å². The normalized spacial score (nSPS) is 14.7. The fraction of sp³-hybridized carbons (Fsp3) is 0.500. The van der Waals surface area contributed by atoms with Gasteiger partial charge in [-0.1, -0.05) is 19.1 Å². The fourth-order valence-electron chi connectivity index (χ4n) is 1.83. The summed E-state index contributed by atoms with van der Waals surface area (Å²) in [4.78, 5) is 11.8. The molecule has 3 nitrogen and oxygen atoms in total. The van der Waals surface area contributed by atoms with E-state index in [1.807, 2.05) is 6.92 Å². The second-order valence-electron chi connectivity index (χ2n) is 4.69. The van der Waals surface area contributed by atoms with Gasteiger partial charge in [0, 0.05) is 12.5 Å². The Kier molecular flexibility index (Phi) is 5.56. The van der Waals surface area contributed by atoms with E-state index in [-0.39, 0.29) is 24.4 Å². The minimum absolute atomic E-state index is 0.178. The number of amides is 1. The van der Waals surface area contributed by atoms with Crippen molar-refractivity contribution in [2.75, 3.05) is 6.54 Å². The third kappa shape index (κ3) is 4.23. The van der Waals surface area contributed by atoms with Crippen LogP contribution in [0.1, 0.15) is 37.4 Å².